The second-order valence-corrected chi connectivity index (χ2v) is 15.1. The van der Waals surface area contributed by atoms with Crippen LogP contribution in [0.2, 0.25) is 0 Å². The van der Waals surface area contributed by atoms with Crippen LogP contribution in [-0.4, -0.2) is 47.8 Å². The summed E-state index contributed by atoms with van der Waals surface area (Å²) in [6.07, 6.45) is 22.1. The number of carbonyl (C=O) groups is 2. The van der Waals surface area contributed by atoms with E-state index in [1.54, 1.807) is 0 Å². The smallest absolute Gasteiger partial charge is 0.222 e. The van der Waals surface area contributed by atoms with Crippen LogP contribution in [0.15, 0.2) is 24.3 Å². The molecule has 0 saturated carbocycles. The fourth-order valence-electron chi connectivity index (χ4n) is 7.16. The molecule has 0 N–H and O–H groups in total. The molecule has 4 unspecified atom stereocenters. The van der Waals surface area contributed by atoms with Gasteiger partial charge in [0.05, 0.1) is 0 Å². The Morgan fingerprint density at radius 3 is 0.917 bits per heavy atom. The van der Waals surface area contributed by atoms with E-state index >= 15 is 0 Å². The van der Waals surface area contributed by atoms with Crippen molar-refractivity contribution in [3.05, 3.63) is 35.4 Å². The van der Waals surface area contributed by atoms with Gasteiger partial charge in [0.1, 0.15) is 0 Å². The van der Waals surface area contributed by atoms with E-state index in [2.05, 4.69) is 89.5 Å². The molecule has 0 fully saturated rings. The number of benzene rings is 1. The second kappa shape index (κ2) is 27.9. The fraction of sp³-hybridized carbons (Fsp3) is 0.818. The Bertz CT molecular complexity index is 817. The van der Waals surface area contributed by atoms with Crippen molar-refractivity contribution in [2.45, 2.75) is 184 Å². The summed E-state index contributed by atoms with van der Waals surface area (Å²) >= 11 is 0. The number of hydrogen-bond donors (Lipinski definition) is 0. The van der Waals surface area contributed by atoms with E-state index in [0.717, 1.165) is 64.7 Å². The van der Waals surface area contributed by atoms with Gasteiger partial charge in [-0.15, -0.1) is 0 Å². The molecular formula is C44H80N2O2. The summed E-state index contributed by atoms with van der Waals surface area (Å²) in [6.45, 7) is 21.9. The van der Waals surface area contributed by atoms with Gasteiger partial charge in [-0.1, -0.05) is 157 Å². The molecule has 1 rings (SSSR count). The monoisotopic (exact) mass is 669 g/mol. The predicted molar refractivity (Wildman–Crippen MR) is 209 cm³/mol. The Labute approximate surface area is 299 Å². The Morgan fingerprint density at radius 2 is 0.708 bits per heavy atom. The maximum Gasteiger partial charge on any atom is 0.222 e. The molecule has 4 heteroatoms. The largest absolute Gasteiger partial charge is 0.342 e. The second-order valence-electron chi connectivity index (χ2n) is 15.1. The zero-order valence-corrected chi connectivity index (χ0v) is 33.3. The minimum atomic E-state index is 0.323. The molecule has 1 aromatic rings. The first-order chi connectivity index (χ1) is 23.3. The minimum absolute atomic E-state index is 0.323. The van der Waals surface area contributed by atoms with Crippen LogP contribution in [0.3, 0.4) is 0 Å². The minimum Gasteiger partial charge on any atom is -0.342 e. The van der Waals surface area contributed by atoms with E-state index in [4.69, 9.17) is 0 Å². The van der Waals surface area contributed by atoms with Crippen LogP contribution in [0, 0.1) is 23.7 Å². The van der Waals surface area contributed by atoms with Crippen LogP contribution < -0.4 is 0 Å². The maximum absolute atomic E-state index is 13.7. The van der Waals surface area contributed by atoms with E-state index in [1.165, 1.54) is 88.2 Å². The van der Waals surface area contributed by atoms with Crippen LogP contribution in [-0.2, 0) is 22.4 Å². The van der Waals surface area contributed by atoms with E-state index in [0.29, 0.717) is 48.3 Å². The Hall–Kier alpha value is -1.84. The van der Waals surface area contributed by atoms with Crippen molar-refractivity contribution >= 4 is 11.8 Å². The van der Waals surface area contributed by atoms with Crippen LogP contribution in [0.5, 0.6) is 0 Å². The molecule has 4 atom stereocenters. The van der Waals surface area contributed by atoms with Gasteiger partial charge in [0.2, 0.25) is 11.8 Å². The SMILES string of the molecule is CCCCC(CC)CN(CC(CC)CCCC)C(=O)CCc1ccc(CCC(=O)N(CC(CC)CCCC)CC(CC)CCCC)cc1. The van der Waals surface area contributed by atoms with Crippen molar-refractivity contribution in [1.82, 2.24) is 9.80 Å². The molecule has 4 nitrogen and oxygen atoms in total. The van der Waals surface area contributed by atoms with Crippen molar-refractivity contribution < 1.29 is 9.59 Å². The molecule has 0 aliphatic carbocycles. The van der Waals surface area contributed by atoms with Gasteiger partial charge >= 0.3 is 0 Å². The standard InChI is InChI=1S/C44H80N2O2/c1-9-17-21-37(13-5)33-45(34-38(14-6)22-18-10-2)43(47)31-29-41-25-27-42(28-26-41)30-32-44(48)46(35-39(15-7)23-19-11-3)36-40(16-8)24-20-12-4/h25-28,37-40H,9-24,29-36H2,1-8H3. The van der Waals surface area contributed by atoms with E-state index < -0.39 is 0 Å². The number of rotatable bonds is 30. The molecule has 0 heterocycles. The predicted octanol–water partition coefficient (Wildman–Crippen LogP) is 12.1. The molecule has 0 aliphatic heterocycles. The van der Waals surface area contributed by atoms with Crippen molar-refractivity contribution in [3.63, 3.8) is 0 Å². The summed E-state index contributed by atoms with van der Waals surface area (Å²) in [7, 11) is 0. The maximum atomic E-state index is 13.7. The molecule has 278 valence electrons. The van der Waals surface area contributed by atoms with Crippen molar-refractivity contribution in [2.24, 2.45) is 23.7 Å². The number of amides is 2. The highest BCUT2D eigenvalue weighted by Crippen LogP contribution is 2.22. The van der Waals surface area contributed by atoms with Gasteiger partial charge < -0.3 is 9.80 Å². The van der Waals surface area contributed by atoms with Gasteiger partial charge in [0, 0.05) is 39.0 Å². The van der Waals surface area contributed by atoms with Crippen molar-refractivity contribution in [3.8, 4) is 0 Å². The molecular weight excluding hydrogens is 588 g/mol. The summed E-state index contributed by atoms with van der Waals surface area (Å²) in [5.74, 6) is 3.05. The molecule has 48 heavy (non-hydrogen) atoms. The summed E-state index contributed by atoms with van der Waals surface area (Å²) in [5.41, 5.74) is 2.44. The van der Waals surface area contributed by atoms with Gasteiger partial charge in [0.25, 0.3) is 0 Å². The van der Waals surface area contributed by atoms with Crippen LogP contribution in [0.1, 0.15) is 182 Å². The third-order valence-electron chi connectivity index (χ3n) is 11.1. The lowest BCUT2D eigenvalue weighted by Gasteiger charge is -2.31. The van der Waals surface area contributed by atoms with Gasteiger partial charge in [-0.05, 0) is 73.3 Å². The molecule has 0 saturated heterocycles. The third kappa shape index (κ3) is 18.8. The van der Waals surface area contributed by atoms with Crippen molar-refractivity contribution in [1.29, 1.82) is 0 Å². The molecule has 0 spiro atoms. The lowest BCUT2D eigenvalue weighted by molar-refractivity contribution is -0.133. The highest BCUT2D eigenvalue weighted by molar-refractivity contribution is 5.77. The van der Waals surface area contributed by atoms with E-state index in [9.17, 15) is 9.59 Å². The first kappa shape index (κ1) is 44.2. The molecule has 0 aliphatic rings. The average molecular weight is 669 g/mol. The lowest BCUT2D eigenvalue weighted by atomic mass is 9.95. The van der Waals surface area contributed by atoms with Gasteiger partial charge in [0.15, 0.2) is 0 Å². The Morgan fingerprint density at radius 1 is 0.458 bits per heavy atom. The normalized spacial score (nSPS) is 14.0. The summed E-state index contributed by atoms with van der Waals surface area (Å²) < 4.78 is 0. The summed E-state index contributed by atoms with van der Waals surface area (Å²) in [6, 6.07) is 8.77. The zero-order chi connectivity index (χ0) is 35.6. The lowest BCUT2D eigenvalue weighted by Crippen LogP contribution is -2.39. The summed E-state index contributed by atoms with van der Waals surface area (Å²) in [4.78, 5) is 31.8. The number of carbonyl (C=O) groups excluding carboxylic acids is 2. The average Bonchev–Trinajstić information content (AvgIpc) is 3.11. The Kier molecular flexibility index (Phi) is 25.7. The molecule has 0 bridgehead atoms. The molecule has 0 aromatic heterocycles. The quantitative estimate of drug-likeness (QED) is 0.0818. The topological polar surface area (TPSA) is 40.6 Å². The number of nitrogens with zero attached hydrogens (tertiary/aromatic N) is 2. The number of unbranched alkanes of at least 4 members (excludes halogenated alkanes) is 4. The highest BCUT2D eigenvalue weighted by atomic mass is 16.2. The molecule has 0 radical (unpaired) electrons. The van der Waals surface area contributed by atoms with Gasteiger partial charge in [-0.3, -0.25) is 9.59 Å². The van der Waals surface area contributed by atoms with Crippen molar-refractivity contribution in [2.75, 3.05) is 26.2 Å². The van der Waals surface area contributed by atoms with Gasteiger partial charge in [-0.25, -0.2) is 0 Å². The van der Waals surface area contributed by atoms with Crippen LogP contribution >= 0.6 is 0 Å². The van der Waals surface area contributed by atoms with Gasteiger partial charge in [-0.2, -0.15) is 0 Å². The number of hydrogen-bond acceptors (Lipinski definition) is 2. The Balaban J connectivity index is 2.86. The third-order valence-corrected chi connectivity index (χ3v) is 11.1. The molecule has 1 aromatic carbocycles. The van der Waals surface area contributed by atoms with E-state index in [1.807, 2.05) is 0 Å². The number of aryl methyl sites for hydroxylation is 2. The summed E-state index contributed by atoms with van der Waals surface area (Å²) in [5, 5.41) is 0. The van der Waals surface area contributed by atoms with Crippen LogP contribution in [0.25, 0.3) is 0 Å². The molecule has 2 amide bonds. The first-order valence-electron chi connectivity index (χ1n) is 20.9. The van der Waals surface area contributed by atoms with Crippen LogP contribution in [0.4, 0.5) is 0 Å². The highest BCUT2D eigenvalue weighted by Gasteiger charge is 2.23. The fourth-order valence-corrected chi connectivity index (χ4v) is 7.16. The van der Waals surface area contributed by atoms with E-state index in [-0.39, 0.29) is 0 Å². The zero-order valence-electron chi connectivity index (χ0n) is 33.3. The first-order valence-corrected chi connectivity index (χ1v) is 20.9.